The minimum atomic E-state index is -0.422. The molecule has 0 aliphatic carbocycles. The summed E-state index contributed by atoms with van der Waals surface area (Å²) in [6.45, 7) is -0.00679. The molecule has 0 radical (unpaired) electrons. The molecule has 0 bridgehead atoms. The molecule has 2 aromatic carbocycles. The predicted molar refractivity (Wildman–Crippen MR) is 118 cm³/mol. The van der Waals surface area contributed by atoms with Crippen molar-refractivity contribution in [3.8, 4) is 5.75 Å². The zero-order valence-corrected chi connectivity index (χ0v) is 17.4. The third-order valence-corrected chi connectivity index (χ3v) is 5.52. The molecule has 9 heteroatoms. The summed E-state index contributed by atoms with van der Waals surface area (Å²) in [5.41, 5.74) is 2.66. The van der Waals surface area contributed by atoms with E-state index in [4.69, 9.17) is 4.74 Å². The van der Waals surface area contributed by atoms with E-state index in [0.717, 1.165) is 22.2 Å². The number of aromatic nitrogens is 2. The maximum Gasteiger partial charge on any atom is 0.293 e. The Bertz CT molecular complexity index is 1210. The summed E-state index contributed by atoms with van der Waals surface area (Å²) in [7, 11) is 1.54. The Morgan fingerprint density at radius 2 is 1.90 bits per heavy atom. The van der Waals surface area contributed by atoms with Crippen LogP contribution in [0.1, 0.15) is 12.0 Å². The fraction of sp³-hybridized carbons (Fsp3) is 0.136. The van der Waals surface area contributed by atoms with Crippen LogP contribution in [0.5, 0.6) is 5.75 Å². The van der Waals surface area contributed by atoms with Gasteiger partial charge >= 0.3 is 0 Å². The number of rotatable bonds is 6. The Morgan fingerprint density at radius 3 is 2.71 bits per heavy atom. The van der Waals surface area contributed by atoms with Crippen molar-refractivity contribution in [2.45, 2.75) is 6.42 Å². The summed E-state index contributed by atoms with van der Waals surface area (Å²) in [4.78, 5) is 47.1. The van der Waals surface area contributed by atoms with Crippen molar-refractivity contribution in [2.24, 2.45) is 0 Å². The van der Waals surface area contributed by atoms with E-state index in [-0.39, 0.29) is 18.9 Å². The smallest absolute Gasteiger partial charge is 0.293 e. The number of benzene rings is 2. The molecule has 1 saturated heterocycles. The Morgan fingerprint density at radius 1 is 1.13 bits per heavy atom. The Labute approximate surface area is 182 Å². The number of hydrogen-bond donors (Lipinski definition) is 1. The fourth-order valence-corrected chi connectivity index (χ4v) is 3.95. The topological polar surface area (TPSA) is 101 Å². The van der Waals surface area contributed by atoms with Crippen LogP contribution in [0.25, 0.3) is 17.1 Å². The first-order valence-electron chi connectivity index (χ1n) is 9.44. The number of nitrogens with one attached hydrogen (secondary N) is 1. The molecule has 0 saturated carbocycles. The largest absolute Gasteiger partial charge is 0.496 e. The number of amides is 3. The monoisotopic (exact) mass is 434 g/mol. The first-order valence-corrected chi connectivity index (χ1v) is 10.3. The van der Waals surface area contributed by atoms with Crippen LogP contribution in [0.4, 0.5) is 10.5 Å². The molecule has 8 nitrogen and oxygen atoms in total. The van der Waals surface area contributed by atoms with Gasteiger partial charge in [0, 0.05) is 36.6 Å². The molecule has 31 heavy (non-hydrogen) atoms. The number of nitrogens with zero attached hydrogens (tertiary/aromatic N) is 3. The van der Waals surface area contributed by atoms with Crippen LogP contribution in [-0.4, -0.2) is 45.6 Å². The normalized spacial score (nSPS) is 15.0. The number of carbonyl (C=O) groups excluding carboxylic acids is 3. The average Bonchev–Trinajstić information content (AvgIpc) is 3.05. The van der Waals surface area contributed by atoms with Crippen LogP contribution in [0, 0.1) is 0 Å². The van der Waals surface area contributed by atoms with E-state index in [2.05, 4.69) is 15.3 Å². The summed E-state index contributed by atoms with van der Waals surface area (Å²) < 4.78 is 5.28. The zero-order chi connectivity index (χ0) is 21.8. The first-order chi connectivity index (χ1) is 15.0. The predicted octanol–water partition coefficient (Wildman–Crippen LogP) is 3.70. The van der Waals surface area contributed by atoms with Gasteiger partial charge in [-0.1, -0.05) is 18.2 Å². The number of para-hydroxylation sites is 1. The van der Waals surface area contributed by atoms with Crippen LogP contribution in [0.2, 0.25) is 0 Å². The van der Waals surface area contributed by atoms with E-state index in [9.17, 15) is 14.4 Å². The van der Waals surface area contributed by atoms with Crippen LogP contribution < -0.4 is 10.1 Å². The van der Waals surface area contributed by atoms with Gasteiger partial charge in [0.25, 0.3) is 11.1 Å². The standard InChI is InChI=1S/C22H18N4O4S/c1-30-18-5-3-2-4-14(18)12-19-21(28)26(22(29)31-19)11-8-20(27)25-15-6-7-16-17(13-15)24-10-9-23-16/h2-7,9-10,12-13H,8,11H2,1H3,(H,25,27)/b19-12+. The molecule has 4 rings (SSSR count). The molecule has 0 atom stereocenters. The van der Waals surface area contributed by atoms with Gasteiger partial charge in [0.15, 0.2) is 0 Å². The van der Waals surface area contributed by atoms with E-state index < -0.39 is 11.1 Å². The number of methoxy groups -OCH3 is 1. The Kier molecular flexibility index (Phi) is 5.94. The summed E-state index contributed by atoms with van der Waals surface area (Å²) in [5.74, 6) is -0.126. The Balaban J connectivity index is 1.39. The lowest BCUT2D eigenvalue weighted by Gasteiger charge is -2.12. The SMILES string of the molecule is COc1ccccc1/C=C1/SC(=O)N(CCC(=O)Nc2ccc3nccnc3c2)C1=O. The van der Waals surface area contributed by atoms with Crippen molar-refractivity contribution < 1.29 is 19.1 Å². The molecule has 0 unspecified atom stereocenters. The highest BCUT2D eigenvalue weighted by molar-refractivity contribution is 8.18. The highest BCUT2D eigenvalue weighted by Crippen LogP contribution is 2.34. The lowest BCUT2D eigenvalue weighted by atomic mass is 10.2. The van der Waals surface area contributed by atoms with Crippen LogP contribution >= 0.6 is 11.8 Å². The summed E-state index contributed by atoms with van der Waals surface area (Å²) in [5, 5.41) is 2.36. The van der Waals surface area contributed by atoms with Gasteiger partial charge < -0.3 is 10.1 Å². The van der Waals surface area contributed by atoms with Crippen LogP contribution in [-0.2, 0) is 9.59 Å². The molecule has 156 valence electrons. The quantitative estimate of drug-likeness (QED) is 0.590. The number of imide groups is 1. The zero-order valence-electron chi connectivity index (χ0n) is 16.6. The van der Waals surface area contributed by atoms with E-state index in [1.165, 1.54) is 0 Å². The molecule has 2 heterocycles. The minimum absolute atomic E-state index is 0.00679. The summed E-state index contributed by atoms with van der Waals surface area (Å²) in [6, 6.07) is 12.4. The highest BCUT2D eigenvalue weighted by Gasteiger charge is 2.35. The fourth-order valence-electron chi connectivity index (χ4n) is 3.10. The van der Waals surface area contributed by atoms with Crippen molar-refractivity contribution >= 4 is 51.6 Å². The highest BCUT2D eigenvalue weighted by atomic mass is 32.2. The van der Waals surface area contributed by atoms with Crippen molar-refractivity contribution in [3.63, 3.8) is 0 Å². The van der Waals surface area contributed by atoms with E-state index in [1.807, 2.05) is 12.1 Å². The van der Waals surface area contributed by atoms with Crippen LogP contribution in [0.15, 0.2) is 59.8 Å². The van der Waals surface area contributed by atoms with Gasteiger partial charge in [0.1, 0.15) is 5.75 Å². The maximum atomic E-state index is 12.7. The number of carbonyl (C=O) groups is 3. The molecule has 1 aliphatic heterocycles. The van der Waals surface area contributed by atoms with Gasteiger partial charge in [-0.25, -0.2) is 0 Å². The molecule has 1 N–H and O–H groups in total. The van der Waals surface area contributed by atoms with E-state index in [0.29, 0.717) is 27.4 Å². The van der Waals surface area contributed by atoms with E-state index in [1.54, 1.807) is 55.9 Å². The summed E-state index contributed by atoms with van der Waals surface area (Å²) in [6.07, 6.45) is 4.78. The lowest BCUT2D eigenvalue weighted by Crippen LogP contribution is -2.31. The van der Waals surface area contributed by atoms with Crippen molar-refractivity contribution in [1.29, 1.82) is 0 Å². The molecule has 1 fully saturated rings. The molecule has 1 aliphatic rings. The molecule has 1 aromatic heterocycles. The second-order valence-corrected chi connectivity index (χ2v) is 7.63. The van der Waals surface area contributed by atoms with Crippen molar-refractivity contribution in [1.82, 2.24) is 14.9 Å². The third-order valence-electron chi connectivity index (χ3n) is 4.61. The van der Waals surface area contributed by atoms with Crippen LogP contribution in [0.3, 0.4) is 0 Å². The molecule has 3 amide bonds. The van der Waals surface area contributed by atoms with Gasteiger partial charge in [0.2, 0.25) is 5.91 Å². The maximum absolute atomic E-state index is 12.7. The summed E-state index contributed by atoms with van der Waals surface area (Å²) >= 11 is 0.849. The van der Waals surface area contributed by atoms with Crippen molar-refractivity contribution in [3.05, 3.63) is 65.3 Å². The molecular weight excluding hydrogens is 416 g/mol. The van der Waals surface area contributed by atoms with Gasteiger partial charge in [-0.15, -0.1) is 0 Å². The van der Waals surface area contributed by atoms with E-state index >= 15 is 0 Å². The number of fused-ring (bicyclic) bond motifs is 1. The number of hydrogen-bond acceptors (Lipinski definition) is 7. The van der Waals surface area contributed by atoms with Gasteiger partial charge in [-0.3, -0.25) is 29.3 Å². The minimum Gasteiger partial charge on any atom is -0.496 e. The number of thioether (sulfide) groups is 1. The second kappa shape index (κ2) is 8.97. The Hall–Kier alpha value is -3.72. The third kappa shape index (κ3) is 4.56. The van der Waals surface area contributed by atoms with Crippen molar-refractivity contribution in [2.75, 3.05) is 19.0 Å². The lowest BCUT2D eigenvalue weighted by molar-refractivity contribution is -0.123. The number of anilines is 1. The second-order valence-electron chi connectivity index (χ2n) is 6.63. The average molecular weight is 434 g/mol. The van der Waals surface area contributed by atoms with Gasteiger partial charge in [-0.2, -0.15) is 0 Å². The molecule has 0 spiro atoms. The number of ether oxygens (including phenoxy) is 1. The van der Waals surface area contributed by atoms with Gasteiger partial charge in [-0.05, 0) is 42.1 Å². The molecule has 3 aromatic rings. The first kappa shape index (κ1) is 20.5. The molecular formula is C22H18N4O4S. The van der Waals surface area contributed by atoms with Gasteiger partial charge in [0.05, 0.1) is 23.0 Å².